The summed E-state index contributed by atoms with van der Waals surface area (Å²) in [5, 5.41) is 14.5. The Morgan fingerprint density at radius 1 is 1.35 bits per heavy atom. The first kappa shape index (κ1) is 13.8. The Balaban J connectivity index is 2.41. The maximum Gasteiger partial charge on any atom is 0.407 e. The molecule has 1 aliphatic heterocycles. The third-order valence-corrected chi connectivity index (χ3v) is 2.42. The topological polar surface area (TPSA) is 87.7 Å². The fraction of sp³-hybridized carbons (Fsp3) is 0.818. The average molecular weight is 244 g/mol. The lowest BCUT2D eigenvalue weighted by molar-refractivity contribution is -0.142. The minimum absolute atomic E-state index is 0.195. The fourth-order valence-electron chi connectivity index (χ4n) is 1.71. The standard InChI is InChI=1S/C11H20N2O4/c1-11(2,3)17-10(16)13-8-4-7(9(14)15)5-12-6-8/h7-8,12H,4-6H2,1-3H3,(H,13,16)(H,14,15)/t7-,8+/m1/s1. The zero-order chi connectivity index (χ0) is 13.1. The van der Waals surface area contributed by atoms with Crippen LogP contribution >= 0.6 is 0 Å². The Bertz CT molecular complexity index is 298. The van der Waals surface area contributed by atoms with Gasteiger partial charge in [0.15, 0.2) is 0 Å². The van der Waals surface area contributed by atoms with Gasteiger partial charge in [-0.05, 0) is 27.2 Å². The number of rotatable bonds is 2. The third-order valence-electron chi connectivity index (χ3n) is 2.42. The van der Waals surface area contributed by atoms with Crippen molar-refractivity contribution >= 4 is 12.1 Å². The van der Waals surface area contributed by atoms with Crippen molar-refractivity contribution in [2.75, 3.05) is 13.1 Å². The summed E-state index contributed by atoms with van der Waals surface area (Å²) in [5.74, 6) is -1.29. The Morgan fingerprint density at radius 3 is 2.53 bits per heavy atom. The predicted octanol–water partition coefficient (Wildman–Crippen LogP) is 0.574. The van der Waals surface area contributed by atoms with Gasteiger partial charge in [-0.25, -0.2) is 4.79 Å². The van der Waals surface area contributed by atoms with Gasteiger partial charge in [0.1, 0.15) is 5.60 Å². The second-order valence-electron chi connectivity index (χ2n) is 5.27. The number of carbonyl (C=O) groups excluding carboxylic acids is 1. The van der Waals surface area contributed by atoms with E-state index in [0.29, 0.717) is 19.5 Å². The summed E-state index contributed by atoms with van der Waals surface area (Å²) >= 11 is 0. The normalized spacial score (nSPS) is 25.1. The van der Waals surface area contributed by atoms with Gasteiger partial charge in [-0.1, -0.05) is 0 Å². The Morgan fingerprint density at radius 2 is 2.00 bits per heavy atom. The first-order valence-electron chi connectivity index (χ1n) is 5.71. The number of hydrogen-bond donors (Lipinski definition) is 3. The number of carboxylic acid groups (broad SMARTS) is 1. The highest BCUT2D eigenvalue weighted by Gasteiger charge is 2.28. The second kappa shape index (κ2) is 5.35. The van der Waals surface area contributed by atoms with Crippen molar-refractivity contribution in [2.24, 2.45) is 5.92 Å². The lowest BCUT2D eigenvalue weighted by Gasteiger charge is -2.29. The van der Waals surface area contributed by atoms with E-state index in [1.54, 1.807) is 20.8 Å². The molecule has 0 aromatic carbocycles. The molecule has 98 valence electrons. The van der Waals surface area contributed by atoms with Crippen molar-refractivity contribution in [1.29, 1.82) is 0 Å². The highest BCUT2D eigenvalue weighted by molar-refractivity contribution is 5.71. The van der Waals surface area contributed by atoms with Gasteiger partial charge in [-0.2, -0.15) is 0 Å². The molecule has 0 aromatic rings. The maximum absolute atomic E-state index is 11.5. The Kier molecular flexibility index (Phi) is 4.34. The van der Waals surface area contributed by atoms with E-state index in [1.165, 1.54) is 0 Å². The second-order valence-corrected chi connectivity index (χ2v) is 5.27. The first-order chi connectivity index (χ1) is 7.78. The first-order valence-corrected chi connectivity index (χ1v) is 5.71. The van der Waals surface area contributed by atoms with Crippen LogP contribution < -0.4 is 10.6 Å². The van der Waals surface area contributed by atoms with Crippen molar-refractivity contribution in [3.63, 3.8) is 0 Å². The molecule has 0 saturated carbocycles. The number of carboxylic acids is 1. The number of amides is 1. The van der Waals surface area contributed by atoms with Crippen LogP contribution in [0, 0.1) is 5.92 Å². The molecule has 1 heterocycles. The van der Waals surface area contributed by atoms with E-state index in [-0.39, 0.29) is 6.04 Å². The number of hydrogen-bond acceptors (Lipinski definition) is 4. The number of piperidine rings is 1. The van der Waals surface area contributed by atoms with Crippen molar-refractivity contribution in [2.45, 2.75) is 38.8 Å². The van der Waals surface area contributed by atoms with Crippen LogP contribution in [0.1, 0.15) is 27.2 Å². The van der Waals surface area contributed by atoms with E-state index in [9.17, 15) is 9.59 Å². The molecule has 0 aliphatic carbocycles. The van der Waals surface area contributed by atoms with Gasteiger partial charge in [0.2, 0.25) is 0 Å². The van der Waals surface area contributed by atoms with Crippen molar-refractivity contribution < 1.29 is 19.4 Å². The third kappa shape index (κ3) is 5.04. The number of aliphatic carboxylic acids is 1. The molecule has 1 rings (SSSR count). The van der Waals surface area contributed by atoms with Crippen LogP contribution in [0.15, 0.2) is 0 Å². The zero-order valence-corrected chi connectivity index (χ0v) is 10.4. The number of ether oxygens (including phenoxy) is 1. The van der Waals surface area contributed by atoms with Crippen LogP contribution in [0.25, 0.3) is 0 Å². The Hall–Kier alpha value is -1.30. The van der Waals surface area contributed by atoms with Gasteiger partial charge < -0.3 is 20.5 Å². The van der Waals surface area contributed by atoms with Gasteiger partial charge in [-0.3, -0.25) is 4.79 Å². The van der Waals surface area contributed by atoms with E-state index in [2.05, 4.69) is 10.6 Å². The minimum atomic E-state index is -0.840. The summed E-state index contributed by atoms with van der Waals surface area (Å²) in [6.45, 7) is 6.37. The summed E-state index contributed by atoms with van der Waals surface area (Å²) in [4.78, 5) is 22.3. The summed E-state index contributed by atoms with van der Waals surface area (Å²) < 4.78 is 5.11. The largest absolute Gasteiger partial charge is 0.481 e. The van der Waals surface area contributed by atoms with Crippen molar-refractivity contribution in [3.8, 4) is 0 Å². The molecule has 0 unspecified atom stereocenters. The smallest absolute Gasteiger partial charge is 0.407 e. The lowest BCUT2D eigenvalue weighted by atomic mass is 9.96. The average Bonchev–Trinajstić information content (AvgIpc) is 2.14. The fourth-order valence-corrected chi connectivity index (χ4v) is 1.71. The van der Waals surface area contributed by atoms with Crippen molar-refractivity contribution in [3.05, 3.63) is 0 Å². The highest BCUT2D eigenvalue weighted by Crippen LogP contribution is 2.12. The van der Waals surface area contributed by atoms with Gasteiger partial charge in [-0.15, -0.1) is 0 Å². The number of carbonyl (C=O) groups is 2. The predicted molar refractivity (Wildman–Crippen MR) is 61.8 cm³/mol. The molecule has 1 saturated heterocycles. The van der Waals surface area contributed by atoms with E-state index in [0.717, 1.165) is 0 Å². The van der Waals surface area contributed by atoms with Crippen LogP contribution in [0.3, 0.4) is 0 Å². The molecule has 0 bridgehead atoms. The summed E-state index contributed by atoms with van der Waals surface area (Å²) in [7, 11) is 0. The highest BCUT2D eigenvalue weighted by atomic mass is 16.6. The molecule has 1 amide bonds. The molecule has 0 spiro atoms. The summed E-state index contributed by atoms with van der Waals surface area (Å²) in [5.41, 5.74) is -0.543. The van der Waals surface area contributed by atoms with Gasteiger partial charge >= 0.3 is 12.1 Å². The molecule has 1 aliphatic rings. The zero-order valence-electron chi connectivity index (χ0n) is 10.4. The molecule has 6 nitrogen and oxygen atoms in total. The maximum atomic E-state index is 11.5. The molecular weight excluding hydrogens is 224 g/mol. The van der Waals surface area contributed by atoms with Crippen LogP contribution in [0.4, 0.5) is 4.79 Å². The lowest BCUT2D eigenvalue weighted by Crippen LogP contribution is -2.51. The van der Waals surface area contributed by atoms with Gasteiger partial charge in [0, 0.05) is 19.1 Å². The monoisotopic (exact) mass is 244 g/mol. The van der Waals surface area contributed by atoms with Crippen molar-refractivity contribution in [1.82, 2.24) is 10.6 Å². The number of alkyl carbamates (subject to hydrolysis) is 1. The molecule has 3 N–H and O–H groups in total. The number of nitrogens with one attached hydrogen (secondary N) is 2. The van der Waals surface area contributed by atoms with E-state index >= 15 is 0 Å². The molecule has 17 heavy (non-hydrogen) atoms. The van der Waals surface area contributed by atoms with Crippen LogP contribution in [-0.2, 0) is 9.53 Å². The SMILES string of the molecule is CC(C)(C)OC(=O)N[C@@H]1CNC[C@H](C(=O)O)C1. The summed E-state index contributed by atoms with van der Waals surface area (Å²) in [6, 6.07) is -0.195. The van der Waals surface area contributed by atoms with Crippen LogP contribution in [0.5, 0.6) is 0 Å². The molecule has 2 atom stereocenters. The van der Waals surface area contributed by atoms with Crippen LogP contribution in [0.2, 0.25) is 0 Å². The van der Waals surface area contributed by atoms with E-state index in [1.807, 2.05) is 0 Å². The summed E-state index contributed by atoms with van der Waals surface area (Å²) in [6.07, 6.45) is -0.0722. The molecule has 6 heteroatoms. The molecule has 1 fully saturated rings. The van der Waals surface area contributed by atoms with Gasteiger partial charge in [0.25, 0.3) is 0 Å². The molecule has 0 aromatic heterocycles. The van der Waals surface area contributed by atoms with Gasteiger partial charge in [0.05, 0.1) is 5.92 Å². The Labute approximate surface area is 101 Å². The quantitative estimate of drug-likeness (QED) is 0.661. The minimum Gasteiger partial charge on any atom is -0.481 e. The van der Waals surface area contributed by atoms with Crippen LogP contribution in [-0.4, -0.2) is 41.9 Å². The van der Waals surface area contributed by atoms with E-state index < -0.39 is 23.6 Å². The van der Waals surface area contributed by atoms with E-state index in [4.69, 9.17) is 9.84 Å². The molecular formula is C11H20N2O4. The molecule has 0 radical (unpaired) electrons.